The summed E-state index contributed by atoms with van der Waals surface area (Å²) in [5.74, 6) is 0.426. The minimum atomic E-state index is -1.89. The molecule has 75 heavy (non-hydrogen) atoms. The topological polar surface area (TPSA) is 315 Å². The number of aliphatic hydroxyl groups is 1. The number of aliphatic hydroxyl groups excluding tert-OH is 1. The predicted molar refractivity (Wildman–Crippen MR) is 274 cm³/mol. The molecule has 4 aromatic rings. The first-order valence-electron chi connectivity index (χ1n) is 22.7. The van der Waals surface area contributed by atoms with E-state index in [4.69, 9.17) is 51.1 Å². The molecular formula is C45H46Cl4N16O10. The van der Waals surface area contributed by atoms with Crippen LogP contribution in [0.1, 0.15) is 22.3 Å². The van der Waals surface area contributed by atoms with E-state index in [1.807, 2.05) is 0 Å². The van der Waals surface area contributed by atoms with Crippen molar-refractivity contribution in [2.75, 3.05) is 59.5 Å². The number of rotatable bonds is 19. The molecule has 26 nitrogen and oxygen atoms in total. The molecule has 4 aliphatic rings. The third-order valence-electron chi connectivity index (χ3n) is 11.6. The van der Waals surface area contributed by atoms with E-state index in [-0.39, 0.29) is 47.8 Å². The lowest BCUT2D eigenvalue weighted by Crippen LogP contribution is -2.33. The highest BCUT2D eigenvalue weighted by molar-refractivity contribution is 6.30. The number of nitrogens with zero attached hydrogens (tertiary/aromatic N) is 14. The van der Waals surface area contributed by atoms with E-state index in [9.17, 15) is 45.6 Å². The minimum Gasteiger partial charge on any atom is -0.377 e. The number of nitrogens with one attached hydrogen (secondary N) is 2. The number of aromatic nitrogens is 4. The Morgan fingerprint density at radius 3 is 1.27 bits per heavy atom. The third kappa shape index (κ3) is 14.4. The minimum absolute atomic E-state index is 0.0233. The highest BCUT2D eigenvalue weighted by Crippen LogP contribution is 2.26. The van der Waals surface area contributed by atoms with Crippen LogP contribution in [0.2, 0.25) is 20.6 Å². The molecule has 30 heteroatoms. The monoisotopic (exact) mass is 1110 g/mol. The van der Waals surface area contributed by atoms with E-state index in [0.717, 1.165) is 34.4 Å². The fourth-order valence-electron chi connectivity index (χ4n) is 8.25. The maximum Gasteiger partial charge on any atom is 0.318 e. The van der Waals surface area contributed by atoms with Crippen molar-refractivity contribution < 1.29 is 29.5 Å². The molecule has 2 atom stereocenters. The van der Waals surface area contributed by atoms with E-state index >= 15 is 0 Å². The van der Waals surface area contributed by atoms with E-state index in [0.29, 0.717) is 86.1 Å². The Bertz CT molecular complexity index is 2950. The molecule has 8 rings (SSSR count). The summed E-state index contributed by atoms with van der Waals surface area (Å²) in [7, 11) is 1.26. The van der Waals surface area contributed by atoms with Crippen LogP contribution in [0, 0.1) is 40.5 Å². The van der Waals surface area contributed by atoms with Gasteiger partial charge in [0, 0.05) is 109 Å². The van der Waals surface area contributed by atoms with Gasteiger partial charge in [0.25, 0.3) is 0 Å². The van der Waals surface area contributed by atoms with Gasteiger partial charge in [-0.2, -0.15) is 0 Å². The van der Waals surface area contributed by atoms with E-state index in [2.05, 4.69) is 40.6 Å². The summed E-state index contributed by atoms with van der Waals surface area (Å²) in [6, 6.07) is 13.5. The molecule has 4 aromatic heterocycles. The molecular weight excluding hydrogens is 1070 g/mol. The summed E-state index contributed by atoms with van der Waals surface area (Å²) in [5, 5.41) is 66.5. The molecule has 0 aromatic carbocycles. The lowest BCUT2D eigenvalue weighted by atomic mass is 10.1. The predicted octanol–water partition coefficient (Wildman–Crippen LogP) is 4.79. The number of hydrogen-bond acceptors (Lipinski definition) is 22. The summed E-state index contributed by atoms with van der Waals surface area (Å²) in [4.78, 5) is 77.2. The Morgan fingerprint density at radius 2 is 0.933 bits per heavy atom. The fourth-order valence-corrected chi connectivity index (χ4v) is 8.70. The molecule has 2 fully saturated rings. The van der Waals surface area contributed by atoms with Gasteiger partial charge in [0.05, 0.1) is 32.8 Å². The SMILES string of the molecule is COC(/C=C(\C1=NCCN1Cc1ccc(Cl)nc1)[N+](=O)[O-])/C(=C1\NCCN1Cc1ccc(Cl)nc1)[N+](=O)[O-].O=[N+]([O-])/C(=C1/NCCN1Cc1ccc(Cl)nc1)C(O)/C=C(\C1=NCCN1Cc1ccc(Cl)nc1)[N+](=O)[O-]. The summed E-state index contributed by atoms with van der Waals surface area (Å²) in [6.07, 6.45) is 5.03. The van der Waals surface area contributed by atoms with Crippen LogP contribution in [0.4, 0.5) is 0 Å². The van der Waals surface area contributed by atoms with Crippen LogP contribution < -0.4 is 10.6 Å². The van der Waals surface area contributed by atoms with Crippen LogP contribution in [0.25, 0.3) is 0 Å². The van der Waals surface area contributed by atoms with Crippen molar-refractivity contribution in [2.24, 2.45) is 9.98 Å². The Kier molecular flexibility index (Phi) is 18.8. The van der Waals surface area contributed by atoms with Gasteiger partial charge in [-0.1, -0.05) is 70.7 Å². The second-order valence-corrected chi connectivity index (χ2v) is 18.2. The van der Waals surface area contributed by atoms with Gasteiger partial charge in [-0.3, -0.25) is 50.4 Å². The maximum absolute atomic E-state index is 12.2. The lowest BCUT2D eigenvalue weighted by molar-refractivity contribution is -0.438. The number of aliphatic imine (C=N–C) groups is 2. The number of methoxy groups -OCH3 is 1. The van der Waals surface area contributed by atoms with Gasteiger partial charge in [-0.05, 0) is 46.5 Å². The van der Waals surface area contributed by atoms with Crippen LogP contribution in [0.3, 0.4) is 0 Å². The fraction of sp³-hybridized carbons (Fsp3) is 0.333. The van der Waals surface area contributed by atoms with Gasteiger partial charge in [-0.25, -0.2) is 19.9 Å². The Hall–Kier alpha value is -7.62. The first-order chi connectivity index (χ1) is 36.0. The number of pyridine rings is 4. The molecule has 0 spiro atoms. The zero-order valence-electron chi connectivity index (χ0n) is 39.6. The summed E-state index contributed by atoms with van der Waals surface area (Å²) in [5.41, 5.74) is 1.20. The second kappa shape index (κ2) is 25.6. The van der Waals surface area contributed by atoms with E-state index in [1.165, 1.54) is 7.11 Å². The van der Waals surface area contributed by atoms with Crippen molar-refractivity contribution in [3.63, 3.8) is 0 Å². The zero-order chi connectivity index (χ0) is 53.8. The number of ether oxygens (including phenoxy) is 1. The van der Waals surface area contributed by atoms with Crippen molar-refractivity contribution in [2.45, 2.75) is 38.4 Å². The quantitative estimate of drug-likeness (QED) is 0.0645. The van der Waals surface area contributed by atoms with Crippen molar-refractivity contribution in [3.8, 4) is 0 Å². The normalized spacial score (nSPS) is 17.8. The number of halogens is 4. The Labute approximate surface area is 446 Å². The van der Waals surface area contributed by atoms with Crippen LogP contribution in [0.5, 0.6) is 0 Å². The average molecular weight is 1110 g/mol. The van der Waals surface area contributed by atoms with Crippen LogP contribution in [0.15, 0.2) is 130 Å². The Balaban J connectivity index is 0.000000219. The lowest BCUT2D eigenvalue weighted by Gasteiger charge is -2.21. The standard InChI is InChI=1S/C23H24Cl2N8O5.C22H22Cl2N8O5/c1-38-18(21(33(36)37)23-27-7-9-31(23)14-16-3-5-20(25)29-12-16)10-17(32(34)35)22-26-6-8-30(22)13-15-2-4-19(24)28-11-15;23-18-3-1-14(10-27-18)12-29-7-5-25-21(29)16(31(34)35)9-17(33)20(32(36)37)22-26-6-8-30(22)13-15-2-4-19(24)28-11-15/h2-5,10-12,18,27H,6-9,13-14H2,1H3;1-4,9-11,17,26,33H,5-8,12-13H2/b17-10+,23-21-;16-9+,22-20-. The molecule has 0 aliphatic carbocycles. The summed E-state index contributed by atoms with van der Waals surface area (Å²) in [6.45, 7) is 4.36. The van der Waals surface area contributed by atoms with Gasteiger partial charge >= 0.3 is 22.8 Å². The molecule has 2 saturated heterocycles. The van der Waals surface area contributed by atoms with Crippen LogP contribution in [-0.4, -0.2) is 148 Å². The average Bonchev–Trinajstić information content (AvgIpc) is 4.23. The van der Waals surface area contributed by atoms with Crippen molar-refractivity contribution in [1.29, 1.82) is 0 Å². The first kappa shape index (κ1) is 55.1. The maximum atomic E-state index is 12.2. The molecule has 0 amide bonds. The van der Waals surface area contributed by atoms with Crippen LogP contribution in [-0.2, 0) is 30.9 Å². The van der Waals surface area contributed by atoms with Crippen molar-refractivity contribution in [1.82, 2.24) is 50.2 Å². The van der Waals surface area contributed by atoms with Crippen molar-refractivity contribution >= 4 is 58.1 Å². The van der Waals surface area contributed by atoms with Gasteiger partial charge in [-0.15, -0.1) is 0 Å². The molecule has 2 unspecified atom stereocenters. The van der Waals surface area contributed by atoms with Gasteiger partial charge in [0.2, 0.25) is 11.7 Å². The first-order valence-corrected chi connectivity index (χ1v) is 24.2. The molecule has 0 bridgehead atoms. The molecule has 0 radical (unpaired) electrons. The molecule has 3 N–H and O–H groups in total. The number of hydrogen-bond donors (Lipinski definition) is 3. The molecule has 8 heterocycles. The van der Waals surface area contributed by atoms with Gasteiger partial charge in [0.1, 0.15) is 20.6 Å². The summed E-state index contributed by atoms with van der Waals surface area (Å²) >= 11 is 23.4. The Morgan fingerprint density at radius 1 is 0.573 bits per heavy atom. The summed E-state index contributed by atoms with van der Waals surface area (Å²) < 4.78 is 5.43. The van der Waals surface area contributed by atoms with Gasteiger partial charge in [0.15, 0.2) is 23.8 Å². The molecule has 0 saturated carbocycles. The largest absolute Gasteiger partial charge is 0.377 e. The smallest absolute Gasteiger partial charge is 0.318 e. The van der Waals surface area contributed by atoms with Crippen molar-refractivity contribution in [3.05, 3.63) is 203 Å². The van der Waals surface area contributed by atoms with Crippen LogP contribution >= 0.6 is 46.4 Å². The molecule has 4 aliphatic heterocycles. The van der Waals surface area contributed by atoms with E-state index in [1.54, 1.807) is 92.9 Å². The number of nitro groups is 4. The zero-order valence-corrected chi connectivity index (χ0v) is 42.6. The molecule has 394 valence electrons. The highest BCUT2D eigenvalue weighted by atomic mass is 35.5. The number of amidine groups is 2. The van der Waals surface area contributed by atoms with E-state index < -0.39 is 43.3 Å². The third-order valence-corrected chi connectivity index (χ3v) is 12.5. The second-order valence-electron chi connectivity index (χ2n) is 16.6. The van der Waals surface area contributed by atoms with Gasteiger partial charge < -0.3 is 40.1 Å². The highest BCUT2D eigenvalue weighted by Gasteiger charge is 2.39.